The average Bonchev–Trinajstić information content (AvgIpc) is 2.03. The standard InChI is InChI=1S/C26H31N3O6S.C20H21N3O4.C9H16N2.C6H15N.C4H5ClO.C2H6OS/c1-18(2)25(30)34-13-14-36-16-19(3)26(31)33-12-11-20-9-10-24(35-17-32-4)23(15-20)29-27-21-7-5-6-8-22(21)28-29;1-14(2)20(24)26-11-10-15-8-9-19(27-13-25-3)18(12-15)23-21-16-6-4-5-7-17(16)22-23;1-2-5-9-10-6-4-8-11(9)7-3-1;1-4-7(5-2)6-3;1-3(2)4(5)6;3-1-2-4/h5-10,15,19H,1,11-14,16-17H2,2-4H3;4-9,12H,1,10-11,13H2,2-3H3;1-8H2;4-6H2,1-3H3;1H2,2H3;3-4H,1-2H2. The highest BCUT2D eigenvalue weighted by molar-refractivity contribution is 7.99. The molecule has 4 heterocycles. The summed E-state index contributed by atoms with van der Waals surface area (Å²) in [6.07, 6.45) is 7.71. The zero-order valence-corrected chi connectivity index (χ0v) is 57.0. The first kappa shape index (κ1) is 78.1. The molecule has 2 aliphatic rings. The maximum atomic E-state index is 12.4. The number of aromatic nitrogens is 6. The molecule has 1 N–H and O–H groups in total. The minimum absolute atomic E-state index is 0.0942. The van der Waals surface area contributed by atoms with Gasteiger partial charge in [0, 0.05) is 87.1 Å². The first-order valence-electron chi connectivity index (χ1n) is 30.5. The minimum Gasteiger partial charge on any atom is -0.465 e. The fourth-order valence-electron chi connectivity index (χ4n) is 8.22. The van der Waals surface area contributed by atoms with Gasteiger partial charge in [0.25, 0.3) is 0 Å². The summed E-state index contributed by atoms with van der Waals surface area (Å²) in [7, 11) is 3.12. The fraction of sp³-hybridized carbons (Fsp3) is 0.478. The number of amidine groups is 1. The number of aliphatic hydroxyl groups is 1. The average molecular weight is 1320 g/mol. The molecule has 1 unspecified atom stereocenters. The van der Waals surface area contributed by atoms with Crippen LogP contribution in [0.1, 0.15) is 91.7 Å². The van der Waals surface area contributed by atoms with Crippen LogP contribution in [-0.2, 0) is 55.7 Å². The summed E-state index contributed by atoms with van der Waals surface area (Å²) in [6.45, 7) is 31.9. The highest BCUT2D eigenvalue weighted by atomic mass is 35.5. The number of thioether (sulfide) groups is 1. The molecule has 21 nitrogen and oxygen atoms in total. The Hall–Kier alpha value is -7.12. The van der Waals surface area contributed by atoms with Crippen LogP contribution in [0, 0.1) is 5.92 Å². The van der Waals surface area contributed by atoms with Gasteiger partial charge in [-0.1, -0.05) is 90.3 Å². The quantitative estimate of drug-likeness (QED) is 0.00928. The smallest absolute Gasteiger partial charge is 0.333 e. The van der Waals surface area contributed by atoms with Gasteiger partial charge in [-0.05, 0) is 131 Å². The van der Waals surface area contributed by atoms with Gasteiger partial charge in [-0.15, -0.1) is 30.0 Å². The van der Waals surface area contributed by atoms with Gasteiger partial charge in [-0.2, -0.15) is 24.4 Å². The largest absolute Gasteiger partial charge is 0.465 e. The van der Waals surface area contributed by atoms with E-state index in [1.54, 1.807) is 39.8 Å². The van der Waals surface area contributed by atoms with E-state index >= 15 is 0 Å². The molecule has 6 aromatic rings. The van der Waals surface area contributed by atoms with Crippen molar-refractivity contribution in [1.82, 2.24) is 39.8 Å². The lowest BCUT2D eigenvalue weighted by Crippen LogP contribution is -2.34. The van der Waals surface area contributed by atoms with Gasteiger partial charge in [-0.3, -0.25) is 14.6 Å². The van der Waals surface area contributed by atoms with Gasteiger partial charge in [0.15, 0.2) is 13.6 Å². The Balaban J connectivity index is 0.000000339. The molecule has 2 aromatic heterocycles. The summed E-state index contributed by atoms with van der Waals surface area (Å²) >= 11 is 10.1. The normalized spacial score (nSPS) is 12.5. The van der Waals surface area contributed by atoms with Crippen LogP contribution in [-0.4, -0.2) is 185 Å². The molecule has 1 fully saturated rings. The molecule has 0 aliphatic carbocycles. The third-order valence-corrected chi connectivity index (χ3v) is 15.0. The number of methoxy groups -OCH3 is 2. The maximum Gasteiger partial charge on any atom is 0.333 e. The second-order valence-corrected chi connectivity index (χ2v) is 22.6. The number of benzene rings is 4. The molecule has 91 heavy (non-hydrogen) atoms. The van der Waals surface area contributed by atoms with Crippen LogP contribution in [0.2, 0.25) is 0 Å². The number of aliphatic hydroxyl groups excluding tert-OH is 1. The first-order valence-corrected chi connectivity index (χ1v) is 32.6. The molecule has 0 saturated carbocycles. The predicted octanol–water partition coefficient (Wildman–Crippen LogP) is 11.3. The molecule has 0 bridgehead atoms. The Morgan fingerprint density at radius 3 is 1.51 bits per heavy atom. The Labute approximate surface area is 551 Å². The Bertz CT molecular complexity index is 3140. The topological polar surface area (TPSA) is 233 Å². The van der Waals surface area contributed by atoms with Crippen molar-refractivity contribution in [2.24, 2.45) is 10.9 Å². The SMILES string of the molecule is C1CCC2=NCCCN2CC1.C=C(C)C(=O)Cl.C=C(C)C(=O)OCCSCC(C)C(=O)OCCc1ccc(OCOC)c(-n2nc3ccccc3n2)c1.C=C(C)C(=O)OCCc1ccc(OCOC)c(-n2nc3ccccc3n2)c1.CCN(CC)CC.OCCS. The lowest BCUT2D eigenvalue weighted by molar-refractivity contribution is -0.147. The number of carbonyl (C=O) groups excluding carboxylic acids is 4. The van der Waals surface area contributed by atoms with E-state index in [1.165, 1.54) is 87.2 Å². The van der Waals surface area contributed by atoms with Gasteiger partial charge >= 0.3 is 17.9 Å². The van der Waals surface area contributed by atoms with Crippen LogP contribution in [0.3, 0.4) is 0 Å². The molecular formula is C67H94ClN9O12S2. The molecule has 0 amide bonds. The summed E-state index contributed by atoms with van der Waals surface area (Å²) in [5, 5.41) is 25.5. The van der Waals surface area contributed by atoms with E-state index in [4.69, 9.17) is 49.9 Å². The van der Waals surface area contributed by atoms with E-state index in [0.29, 0.717) is 69.7 Å². The van der Waals surface area contributed by atoms with Crippen molar-refractivity contribution in [3.63, 3.8) is 0 Å². The van der Waals surface area contributed by atoms with Crippen LogP contribution in [0.25, 0.3) is 33.4 Å². The number of halogens is 1. The van der Waals surface area contributed by atoms with Gasteiger partial charge in [0.05, 0.1) is 31.6 Å². The highest BCUT2D eigenvalue weighted by Gasteiger charge is 2.19. The third-order valence-electron chi connectivity index (χ3n) is 13.3. The summed E-state index contributed by atoms with van der Waals surface area (Å²) in [5.74, 6) is 3.00. The molecule has 4 aromatic carbocycles. The van der Waals surface area contributed by atoms with Gasteiger partial charge in [0.1, 0.15) is 51.5 Å². The van der Waals surface area contributed by atoms with Gasteiger partial charge in [-0.25, -0.2) is 9.59 Å². The fourth-order valence-corrected chi connectivity index (χ4v) is 9.08. The summed E-state index contributed by atoms with van der Waals surface area (Å²) in [6, 6.07) is 26.6. The molecule has 0 radical (unpaired) electrons. The van der Waals surface area contributed by atoms with Crippen molar-refractivity contribution in [2.75, 3.05) is 111 Å². The van der Waals surface area contributed by atoms with Gasteiger partial charge in [0.2, 0.25) is 5.24 Å². The zero-order valence-electron chi connectivity index (χ0n) is 54.5. The molecule has 1 saturated heterocycles. The number of rotatable bonds is 27. The Morgan fingerprint density at radius 2 is 1.10 bits per heavy atom. The van der Waals surface area contributed by atoms with Crippen molar-refractivity contribution >= 4 is 87.0 Å². The molecule has 2 aliphatic heterocycles. The minimum atomic E-state index is -0.463. The molecule has 0 spiro atoms. The lowest BCUT2D eigenvalue weighted by Gasteiger charge is -2.27. The molecule has 1 atom stereocenters. The van der Waals surface area contributed by atoms with Crippen LogP contribution in [0.4, 0.5) is 0 Å². The van der Waals surface area contributed by atoms with Crippen LogP contribution in [0.15, 0.2) is 126 Å². The van der Waals surface area contributed by atoms with E-state index < -0.39 is 17.2 Å². The number of hydrogen-bond acceptors (Lipinski definition) is 21. The number of carbonyl (C=O) groups is 4. The van der Waals surface area contributed by atoms with Crippen molar-refractivity contribution in [3.8, 4) is 22.9 Å². The number of esters is 3. The number of thiol groups is 1. The number of ether oxygens (including phenoxy) is 7. The highest BCUT2D eigenvalue weighted by Crippen LogP contribution is 2.27. The monoisotopic (exact) mass is 1320 g/mol. The first-order chi connectivity index (χ1) is 43.8. The van der Waals surface area contributed by atoms with E-state index in [-0.39, 0.29) is 51.9 Å². The maximum absolute atomic E-state index is 12.4. The van der Waals surface area contributed by atoms with Crippen molar-refractivity contribution < 1.29 is 57.4 Å². The van der Waals surface area contributed by atoms with Crippen molar-refractivity contribution in [1.29, 1.82) is 0 Å². The van der Waals surface area contributed by atoms with Crippen molar-refractivity contribution in [3.05, 3.63) is 133 Å². The molecule has 498 valence electrons. The number of nitrogens with zero attached hydrogens (tertiary/aromatic N) is 9. The van der Waals surface area contributed by atoms with E-state index in [9.17, 15) is 19.2 Å². The number of allylic oxidation sites excluding steroid dienone is 1. The van der Waals surface area contributed by atoms with Gasteiger partial charge < -0.3 is 48.1 Å². The molecular weight excluding hydrogens is 1220 g/mol. The second kappa shape index (κ2) is 45.2. The lowest BCUT2D eigenvalue weighted by atomic mass is 10.1. The van der Waals surface area contributed by atoms with Crippen LogP contribution in [0.5, 0.6) is 11.5 Å². The summed E-state index contributed by atoms with van der Waals surface area (Å²) in [5.41, 5.74) is 7.53. The predicted molar refractivity (Wildman–Crippen MR) is 366 cm³/mol. The summed E-state index contributed by atoms with van der Waals surface area (Å²) < 4.78 is 37.1. The Kier molecular flexibility index (Phi) is 38.8. The van der Waals surface area contributed by atoms with E-state index in [2.05, 4.69) is 88.3 Å². The summed E-state index contributed by atoms with van der Waals surface area (Å²) in [4.78, 5) is 57.5. The number of fused-ring (bicyclic) bond motifs is 3. The van der Waals surface area contributed by atoms with Crippen LogP contribution < -0.4 is 9.47 Å². The van der Waals surface area contributed by atoms with E-state index in [1.807, 2.05) is 91.9 Å². The Morgan fingerprint density at radius 1 is 0.659 bits per heavy atom. The third kappa shape index (κ3) is 29.8. The number of aliphatic imine (C=N–C) groups is 1. The number of hydrogen-bond donors (Lipinski definition) is 2. The van der Waals surface area contributed by atoms with Crippen molar-refractivity contribution in [2.45, 2.75) is 93.4 Å². The zero-order chi connectivity index (χ0) is 66.9. The second-order valence-electron chi connectivity index (χ2n) is 20.7. The molecule has 24 heteroatoms. The van der Waals surface area contributed by atoms with Crippen LogP contribution >= 0.6 is 36.0 Å². The molecule has 8 rings (SSSR count). The van der Waals surface area contributed by atoms with E-state index in [0.717, 1.165) is 39.7 Å².